The van der Waals surface area contributed by atoms with Crippen LogP contribution in [0.25, 0.3) is 0 Å². The number of benzene rings is 1. The number of hydrogen-bond donors (Lipinski definition) is 0. The molecule has 1 aromatic rings. The van der Waals surface area contributed by atoms with Gasteiger partial charge in [-0.3, -0.25) is 9.05 Å². The van der Waals surface area contributed by atoms with E-state index in [4.69, 9.17) is 28.1 Å². The Morgan fingerprint density at radius 3 is 2.14 bits per heavy atom. The molecule has 0 spiro atoms. The van der Waals surface area contributed by atoms with Crippen molar-refractivity contribution in [3.05, 3.63) is 30.3 Å². The van der Waals surface area contributed by atoms with Gasteiger partial charge in [-0.15, -0.1) is 0 Å². The summed E-state index contributed by atoms with van der Waals surface area (Å²) in [7, 11) is -3.84. The first kappa shape index (κ1) is 25.1. The van der Waals surface area contributed by atoms with Gasteiger partial charge in [0.1, 0.15) is 0 Å². The molecule has 0 fully saturated rings. The van der Waals surface area contributed by atoms with Crippen LogP contribution in [-0.2, 0) is 27.8 Å². The van der Waals surface area contributed by atoms with Crippen molar-refractivity contribution in [1.29, 1.82) is 0 Å². The first-order chi connectivity index (χ1) is 13.7. The van der Waals surface area contributed by atoms with E-state index in [0.717, 1.165) is 19.3 Å². The molecule has 0 aliphatic heterocycles. The lowest BCUT2D eigenvalue weighted by Crippen LogP contribution is -2.11. The first-order valence-corrected chi connectivity index (χ1v) is 11.6. The van der Waals surface area contributed by atoms with Crippen LogP contribution in [0.5, 0.6) is 5.75 Å². The van der Waals surface area contributed by atoms with Gasteiger partial charge in [0, 0.05) is 6.61 Å². The Morgan fingerprint density at radius 1 is 0.750 bits per heavy atom. The third-order valence-corrected chi connectivity index (χ3v) is 5.02. The van der Waals surface area contributed by atoms with Crippen molar-refractivity contribution in [2.24, 2.45) is 0 Å². The zero-order valence-electron chi connectivity index (χ0n) is 17.2. The molecule has 1 atom stereocenters. The second kappa shape index (κ2) is 17.0. The number of unbranched alkanes of at least 4 members (excludes halogenated alkanes) is 5. The van der Waals surface area contributed by atoms with Crippen LogP contribution >= 0.6 is 7.82 Å². The fourth-order valence-electron chi connectivity index (χ4n) is 2.28. The van der Waals surface area contributed by atoms with Crippen LogP contribution in [0.15, 0.2) is 30.3 Å². The van der Waals surface area contributed by atoms with Crippen molar-refractivity contribution < 1.29 is 32.6 Å². The topological polar surface area (TPSA) is 72.5 Å². The van der Waals surface area contributed by atoms with Gasteiger partial charge < -0.3 is 14.4 Å². The summed E-state index contributed by atoms with van der Waals surface area (Å²) in [6.07, 6.45) is 6.59. The van der Waals surface area contributed by atoms with Gasteiger partial charge in [0.25, 0.3) is 0 Å². The van der Waals surface area contributed by atoms with E-state index in [2.05, 4.69) is 6.92 Å². The van der Waals surface area contributed by atoms with Crippen molar-refractivity contribution in [2.75, 3.05) is 39.6 Å². The standard InChI is InChI=1S/C20H35O7P/c1-3-5-6-7-8-12-15-24-28(21,25-19-18-23-17-16-22-4-2)27-26-20-13-10-9-11-14-20/h9-11,13-14H,3-8,12,15-19H2,1-2H3. The summed E-state index contributed by atoms with van der Waals surface area (Å²) < 4.78 is 39.1. The molecule has 1 aromatic carbocycles. The van der Waals surface area contributed by atoms with E-state index in [1.165, 1.54) is 19.3 Å². The number of para-hydroxylation sites is 1. The summed E-state index contributed by atoms with van der Waals surface area (Å²) in [4.78, 5) is 5.12. The molecule has 8 heteroatoms. The minimum atomic E-state index is -3.84. The summed E-state index contributed by atoms with van der Waals surface area (Å²) >= 11 is 0. The van der Waals surface area contributed by atoms with Crippen LogP contribution in [0.4, 0.5) is 0 Å². The smallest absolute Gasteiger partial charge is 0.379 e. The maximum atomic E-state index is 12.8. The molecule has 0 saturated heterocycles. The first-order valence-electron chi connectivity index (χ1n) is 10.2. The molecule has 0 aliphatic carbocycles. The lowest BCUT2D eigenvalue weighted by molar-refractivity contribution is -0.134. The molecule has 7 nitrogen and oxygen atoms in total. The summed E-state index contributed by atoms with van der Waals surface area (Å²) in [6, 6.07) is 8.79. The third-order valence-electron chi connectivity index (χ3n) is 3.77. The highest BCUT2D eigenvalue weighted by atomic mass is 31.2. The van der Waals surface area contributed by atoms with Crippen molar-refractivity contribution in [2.45, 2.75) is 52.4 Å². The second-order valence-electron chi connectivity index (χ2n) is 6.16. The minimum absolute atomic E-state index is 0.0675. The molecular weight excluding hydrogens is 383 g/mol. The predicted molar refractivity (Wildman–Crippen MR) is 108 cm³/mol. The van der Waals surface area contributed by atoms with Crippen LogP contribution in [0.2, 0.25) is 0 Å². The molecule has 162 valence electrons. The van der Waals surface area contributed by atoms with Crippen LogP contribution in [0.1, 0.15) is 52.4 Å². The Morgan fingerprint density at radius 2 is 1.39 bits per heavy atom. The highest BCUT2D eigenvalue weighted by Gasteiger charge is 2.29. The lowest BCUT2D eigenvalue weighted by atomic mass is 10.1. The molecule has 28 heavy (non-hydrogen) atoms. The second-order valence-corrected chi connectivity index (χ2v) is 7.72. The van der Waals surface area contributed by atoms with Gasteiger partial charge in [0.15, 0.2) is 5.75 Å². The summed E-state index contributed by atoms with van der Waals surface area (Å²) in [5.41, 5.74) is 0. The number of phosphoric ester groups is 1. The Balaban J connectivity index is 2.34. The lowest BCUT2D eigenvalue weighted by Gasteiger charge is -2.17. The predicted octanol–water partition coefficient (Wildman–Crippen LogP) is 5.55. The molecule has 1 unspecified atom stereocenters. The van der Waals surface area contributed by atoms with E-state index >= 15 is 0 Å². The molecule has 0 heterocycles. The molecule has 0 amide bonds. The number of phosphoric acid groups is 1. The van der Waals surface area contributed by atoms with Gasteiger partial charge in [-0.25, -0.2) is 4.57 Å². The molecule has 0 aromatic heterocycles. The van der Waals surface area contributed by atoms with E-state index < -0.39 is 7.82 Å². The zero-order valence-corrected chi connectivity index (χ0v) is 18.1. The van der Waals surface area contributed by atoms with Crippen LogP contribution in [-0.4, -0.2) is 39.6 Å². The van der Waals surface area contributed by atoms with Crippen LogP contribution < -0.4 is 4.89 Å². The fourth-order valence-corrected chi connectivity index (χ4v) is 3.26. The molecular formula is C20H35O7P. The Bertz CT molecular complexity index is 491. The van der Waals surface area contributed by atoms with E-state index in [9.17, 15) is 4.57 Å². The quantitative estimate of drug-likeness (QED) is 0.126. The third kappa shape index (κ3) is 13.3. The van der Waals surface area contributed by atoms with Crippen molar-refractivity contribution in [3.63, 3.8) is 0 Å². The summed E-state index contributed by atoms with van der Waals surface area (Å²) in [6.45, 7) is 6.31. The van der Waals surface area contributed by atoms with E-state index in [-0.39, 0.29) is 19.8 Å². The maximum absolute atomic E-state index is 12.8. The average Bonchev–Trinajstić information content (AvgIpc) is 2.72. The van der Waals surface area contributed by atoms with Crippen molar-refractivity contribution in [3.8, 4) is 5.75 Å². The van der Waals surface area contributed by atoms with Gasteiger partial charge in [0.2, 0.25) is 0 Å². The minimum Gasteiger partial charge on any atom is -0.379 e. The van der Waals surface area contributed by atoms with Crippen molar-refractivity contribution >= 4 is 7.82 Å². The van der Waals surface area contributed by atoms with E-state index in [1.807, 2.05) is 13.0 Å². The number of ether oxygens (including phenoxy) is 2. The SMILES string of the molecule is CCCCCCCCOP(=O)(OCCOCCOCC)OOc1ccccc1. The zero-order chi connectivity index (χ0) is 20.3. The van der Waals surface area contributed by atoms with Gasteiger partial charge in [-0.1, -0.05) is 61.9 Å². The molecule has 0 saturated carbocycles. The highest BCUT2D eigenvalue weighted by molar-refractivity contribution is 7.48. The molecule has 0 bridgehead atoms. The molecule has 0 radical (unpaired) electrons. The van der Waals surface area contributed by atoms with Gasteiger partial charge in [-0.2, -0.15) is 0 Å². The summed E-state index contributed by atoms with van der Waals surface area (Å²) in [5, 5.41) is 0. The maximum Gasteiger partial charge on any atom is 0.511 e. The van der Waals surface area contributed by atoms with Gasteiger partial charge >= 0.3 is 7.82 Å². The van der Waals surface area contributed by atoms with Crippen LogP contribution in [0.3, 0.4) is 0 Å². The Kier molecular flexibility index (Phi) is 15.2. The number of rotatable bonds is 19. The monoisotopic (exact) mass is 418 g/mol. The number of hydrogen-bond acceptors (Lipinski definition) is 7. The van der Waals surface area contributed by atoms with E-state index in [1.54, 1.807) is 24.3 Å². The Hall–Kier alpha value is -0.950. The largest absolute Gasteiger partial charge is 0.511 e. The summed E-state index contributed by atoms with van der Waals surface area (Å²) in [5.74, 6) is 0.419. The fraction of sp³-hybridized carbons (Fsp3) is 0.700. The van der Waals surface area contributed by atoms with Crippen molar-refractivity contribution in [1.82, 2.24) is 0 Å². The normalized spacial score (nSPS) is 13.4. The van der Waals surface area contributed by atoms with E-state index in [0.29, 0.717) is 25.6 Å². The van der Waals surface area contributed by atoms with Gasteiger partial charge in [0.05, 0.1) is 33.0 Å². The highest BCUT2D eigenvalue weighted by Crippen LogP contribution is 2.49. The van der Waals surface area contributed by atoms with Crippen LogP contribution in [0, 0.1) is 0 Å². The van der Waals surface area contributed by atoms with Gasteiger partial charge in [-0.05, 0) is 25.5 Å². The Labute approximate surface area is 169 Å². The molecule has 1 rings (SSSR count). The average molecular weight is 418 g/mol. The molecule has 0 aliphatic rings. The molecule has 0 N–H and O–H groups in total.